The highest BCUT2D eigenvalue weighted by molar-refractivity contribution is 6.14. The van der Waals surface area contributed by atoms with Crippen LogP contribution in [0.25, 0.3) is 111 Å². The lowest BCUT2D eigenvalue weighted by molar-refractivity contribution is 0.668. The predicted molar refractivity (Wildman–Crippen MR) is 211 cm³/mol. The molecule has 0 amide bonds. The Bertz CT molecular complexity index is 3190. The summed E-state index contributed by atoms with van der Waals surface area (Å²) in [5, 5.41) is 8.91. The highest BCUT2D eigenvalue weighted by Crippen LogP contribution is 2.41. The number of para-hydroxylation sites is 3. The summed E-state index contributed by atoms with van der Waals surface area (Å²) in [6.45, 7) is 0. The average Bonchev–Trinajstić information content (AvgIpc) is 3.79. The first-order valence-corrected chi connectivity index (χ1v) is 17.3. The standard InChI is InChI=1S/C47H27N3O2/c1-2-12-29(13-3-1)45-48-46(38-18-10-17-36-35-15-6-8-19-40(35)52-44(36)38)50-47(49-45)39-26-32(27-42-43(39)37-16-7-9-20-41(37)51-42)30-23-24-34-31(25-30)22-21-28-11-4-5-14-33(28)34/h1-27H. The minimum atomic E-state index is 0.539. The minimum Gasteiger partial charge on any atom is -0.456 e. The van der Waals surface area contributed by atoms with Gasteiger partial charge in [-0.3, -0.25) is 0 Å². The Morgan fingerprint density at radius 3 is 1.85 bits per heavy atom. The fourth-order valence-corrected chi connectivity index (χ4v) is 7.65. The number of fused-ring (bicyclic) bond motifs is 9. The lowest BCUT2D eigenvalue weighted by Gasteiger charge is -2.12. The van der Waals surface area contributed by atoms with Crippen molar-refractivity contribution in [2.45, 2.75) is 0 Å². The zero-order valence-electron chi connectivity index (χ0n) is 27.7. The monoisotopic (exact) mass is 665 g/mol. The van der Waals surface area contributed by atoms with Gasteiger partial charge in [0, 0.05) is 32.7 Å². The number of rotatable bonds is 4. The van der Waals surface area contributed by atoms with Crippen LogP contribution in [0.3, 0.4) is 0 Å². The quantitative estimate of drug-likeness (QED) is 0.175. The predicted octanol–water partition coefficient (Wildman–Crippen LogP) is 12.6. The van der Waals surface area contributed by atoms with Crippen molar-refractivity contribution in [3.05, 3.63) is 164 Å². The molecule has 242 valence electrons. The third kappa shape index (κ3) is 4.46. The Labute approximate surface area is 297 Å². The Balaban J connectivity index is 1.19. The van der Waals surface area contributed by atoms with E-state index < -0.39 is 0 Å². The molecule has 0 saturated carbocycles. The van der Waals surface area contributed by atoms with E-state index in [0.29, 0.717) is 17.5 Å². The first-order chi connectivity index (χ1) is 25.7. The van der Waals surface area contributed by atoms with Gasteiger partial charge in [0.15, 0.2) is 17.5 Å². The molecule has 0 atom stereocenters. The van der Waals surface area contributed by atoms with Crippen molar-refractivity contribution in [2.75, 3.05) is 0 Å². The van der Waals surface area contributed by atoms with E-state index in [1.54, 1.807) is 0 Å². The molecule has 11 rings (SSSR count). The van der Waals surface area contributed by atoms with Gasteiger partial charge in [-0.25, -0.2) is 15.0 Å². The smallest absolute Gasteiger partial charge is 0.167 e. The van der Waals surface area contributed by atoms with Gasteiger partial charge in [0.05, 0.1) is 5.56 Å². The van der Waals surface area contributed by atoms with E-state index in [1.807, 2.05) is 78.9 Å². The van der Waals surface area contributed by atoms with Crippen LogP contribution in [0, 0.1) is 0 Å². The van der Waals surface area contributed by atoms with E-state index in [9.17, 15) is 0 Å². The fraction of sp³-hybridized carbons (Fsp3) is 0. The van der Waals surface area contributed by atoms with Gasteiger partial charge in [0.25, 0.3) is 0 Å². The maximum absolute atomic E-state index is 6.56. The zero-order chi connectivity index (χ0) is 34.2. The lowest BCUT2D eigenvalue weighted by Crippen LogP contribution is -2.01. The Kier molecular flexibility index (Phi) is 6.18. The van der Waals surface area contributed by atoms with Crippen LogP contribution in [-0.4, -0.2) is 15.0 Å². The molecule has 0 saturated heterocycles. The summed E-state index contributed by atoms with van der Waals surface area (Å²) in [6, 6.07) is 56.4. The summed E-state index contributed by atoms with van der Waals surface area (Å²) < 4.78 is 13.0. The van der Waals surface area contributed by atoms with Crippen LogP contribution in [0.5, 0.6) is 0 Å². The van der Waals surface area contributed by atoms with Crippen molar-refractivity contribution < 1.29 is 8.83 Å². The molecule has 0 aliphatic rings. The molecule has 0 N–H and O–H groups in total. The van der Waals surface area contributed by atoms with Crippen molar-refractivity contribution in [2.24, 2.45) is 0 Å². The van der Waals surface area contributed by atoms with E-state index in [1.165, 1.54) is 21.5 Å². The molecule has 11 aromatic rings. The highest BCUT2D eigenvalue weighted by atomic mass is 16.3. The van der Waals surface area contributed by atoms with Crippen LogP contribution >= 0.6 is 0 Å². The normalized spacial score (nSPS) is 11.8. The van der Waals surface area contributed by atoms with Crippen LogP contribution in [-0.2, 0) is 0 Å². The maximum Gasteiger partial charge on any atom is 0.167 e. The van der Waals surface area contributed by atoms with Crippen LogP contribution in [0.2, 0.25) is 0 Å². The van der Waals surface area contributed by atoms with Crippen LogP contribution in [0.4, 0.5) is 0 Å². The van der Waals surface area contributed by atoms with Crippen LogP contribution < -0.4 is 0 Å². The number of aromatic nitrogens is 3. The molecule has 0 fully saturated rings. The lowest BCUT2D eigenvalue weighted by atomic mass is 9.95. The van der Waals surface area contributed by atoms with E-state index in [-0.39, 0.29) is 0 Å². The van der Waals surface area contributed by atoms with Crippen molar-refractivity contribution in [1.82, 2.24) is 15.0 Å². The Morgan fingerprint density at radius 1 is 0.327 bits per heavy atom. The first-order valence-electron chi connectivity index (χ1n) is 17.3. The molecule has 5 heteroatoms. The van der Waals surface area contributed by atoms with E-state index in [2.05, 4.69) is 84.9 Å². The molecule has 0 aliphatic heterocycles. The highest BCUT2D eigenvalue weighted by Gasteiger charge is 2.21. The first kappa shape index (κ1) is 28.7. The number of nitrogens with zero attached hydrogens (tertiary/aromatic N) is 3. The van der Waals surface area contributed by atoms with Crippen molar-refractivity contribution in [3.63, 3.8) is 0 Å². The molecular weight excluding hydrogens is 639 g/mol. The molecule has 3 heterocycles. The molecule has 0 aliphatic carbocycles. The van der Waals surface area contributed by atoms with Crippen molar-refractivity contribution in [3.8, 4) is 45.3 Å². The minimum absolute atomic E-state index is 0.539. The molecule has 3 aromatic heterocycles. The topological polar surface area (TPSA) is 65.0 Å². The van der Waals surface area contributed by atoms with Crippen molar-refractivity contribution >= 4 is 65.4 Å². The maximum atomic E-state index is 6.56. The van der Waals surface area contributed by atoms with E-state index in [4.69, 9.17) is 23.8 Å². The van der Waals surface area contributed by atoms with Crippen LogP contribution in [0.1, 0.15) is 0 Å². The number of hydrogen-bond donors (Lipinski definition) is 0. The molecule has 0 radical (unpaired) electrons. The zero-order valence-corrected chi connectivity index (χ0v) is 27.7. The summed E-state index contributed by atoms with van der Waals surface area (Å²) in [5.74, 6) is 1.68. The Hall–Kier alpha value is -7.11. The van der Waals surface area contributed by atoms with Gasteiger partial charge in [-0.2, -0.15) is 0 Å². The van der Waals surface area contributed by atoms with Gasteiger partial charge in [-0.15, -0.1) is 0 Å². The molecule has 0 bridgehead atoms. The summed E-state index contributed by atoms with van der Waals surface area (Å²) in [5.41, 5.74) is 7.82. The van der Waals surface area contributed by atoms with Crippen molar-refractivity contribution in [1.29, 1.82) is 0 Å². The SMILES string of the molecule is c1ccc(-c2nc(-c3cccc4c3oc3ccccc34)nc(-c3cc(-c4ccc5c(ccc6ccccc65)c4)cc4oc5ccccc5c34)n2)cc1. The number of hydrogen-bond acceptors (Lipinski definition) is 5. The van der Waals surface area contributed by atoms with E-state index in [0.717, 1.165) is 71.7 Å². The van der Waals surface area contributed by atoms with Gasteiger partial charge in [0.1, 0.15) is 22.3 Å². The third-order valence-corrected chi connectivity index (χ3v) is 10.1. The van der Waals surface area contributed by atoms with Gasteiger partial charge >= 0.3 is 0 Å². The molecule has 0 spiro atoms. The summed E-state index contributed by atoms with van der Waals surface area (Å²) in [4.78, 5) is 15.5. The van der Waals surface area contributed by atoms with Gasteiger partial charge < -0.3 is 8.83 Å². The number of benzene rings is 8. The Morgan fingerprint density at radius 2 is 0.981 bits per heavy atom. The molecule has 8 aromatic carbocycles. The summed E-state index contributed by atoms with van der Waals surface area (Å²) >= 11 is 0. The largest absolute Gasteiger partial charge is 0.456 e. The van der Waals surface area contributed by atoms with Gasteiger partial charge in [-0.1, -0.05) is 127 Å². The third-order valence-electron chi connectivity index (χ3n) is 10.1. The second kappa shape index (κ2) is 11.2. The molecular formula is C47H27N3O2. The summed E-state index contributed by atoms with van der Waals surface area (Å²) in [7, 11) is 0. The van der Waals surface area contributed by atoms with E-state index >= 15 is 0 Å². The molecule has 52 heavy (non-hydrogen) atoms. The fourth-order valence-electron chi connectivity index (χ4n) is 7.65. The number of furan rings is 2. The second-order valence-corrected chi connectivity index (χ2v) is 13.2. The van der Waals surface area contributed by atoms with Gasteiger partial charge in [0.2, 0.25) is 0 Å². The molecule has 0 unspecified atom stereocenters. The van der Waals surface area contributed by atoms with Crippen LogP contribution in [0.15, 0.2) is 173 Å². The molecule has 5 nitrogen and oxygen atoms in total. The summed E-state index contributed by atoms with van der Waals surface area (Å²) in [6.07, 6.45) is 0. The average molecular weight is 666 g/mol. The van der Waals surface area contributed by atoms with Gasteiger partial charge in [-0.05, 0) is 69.1 Å². The second-order valence-electron chi connectivity index (χ2n) is 13.2.